The lowest BCUT2D eigenvalue weighted by Crippen LogP contribution is -2.59. The maximum absolute atomic E-state index is 14.4. The number of carbonyl (C=O) groups is 2. The lowest BCUT2D eigenvalue weighted by atomic mass is 9.81. The first-order valence-corrected chi connectivity index (χ1v) is 14.2. The molecule has 0 aromatic heterocycles. The number of benzene rings is 3. The predicted octanol–water partition coefficient (Wildman–Crippen LogP) is 6.06. The molecule has 2 heterocycles. The molecular formula is C33H38FN3O4. The van der Waals surface area contributed by atoms with Crippen LogP contribution in [0.4, 0.5) is 14.9 Å². The van der Waals surface area contributed by atoms with Crippen LogP contribution >= 0.6 is 0 Å². The van der Waals surface area contributed by atoms with Gasteiger partial charge in [-0.25, -0.2) is 9.18 Å². The van der Waals surface area contributed by atoms with E-state index in [0.717, 1.165) is 22.6 Å². The van der Waals surface area contributed by atoms with Crippen LogP contribution in [0.1, 0.15) is 44.7 Å². The summed E-state index contributed by atoms with van der Waals surface area (Å²) in [6.07, 6.45) is 1.52. The number of methoxy groups -OCH3 is 1. The summed E-state index contributed by atoms with van der Waals surface area (Å²) in [5.74, 6) is 0.931. The highest BCUT2D eigenvalue weighted by atomic mass is 19.1. The van der Waals surface area contributed by atoms with Gasteiger partial charge >= 0.3 is 6.03 Å². The van der Waals surface area contributed by atoms with Crippen LogP contribution in [-0.2, 0) is 17.8 Å². The molecule has 7 nitrogen and oxygen atoms in total. The molecule has 216 valence electrons. The van der Waals surface area contributed by atoms with Gasteiger partial charge in [0.1, 0.15) is 22.9 Å². The Bertz CT molecular complexity index is 1400. The van der Waals surface area contributed by atoms with Gasteiger partial charge in [-0.05, 0) is 93.6 Å². The zero-order valence-electron chi connectivity index (χ0n) is 24.2. The minimum atomic E-state index is -1.07. The van der Waals surface area contributed by atoms with E-state index >= 15 is 0 Å². The lowest BCUT2D eigenvalue weighted by molar-refractivity contribution is -0.133. The Morgan fingerprint density at radius 3 is 2.41 bits per heavy atom. The van der Waals surface area contributed by atoms with Gasteiger partial charge in [0.2, 0.25) is 0 Å². The first-order valence-electron chi connectivity index (χ1n) is 14.2. The number of likely N-dealkylation sites (tertiary alicyclic amines) is 1. The van der Waals surface area contributed by atoms with Gasteiger partial charge in [0.15, 0.2) is 0 Å². The van der Waals surface area contributed by atoms with E-state index < -0.39 is 17.4 Å². The van der Waals surface area contributed by atoms with E-state index in [0.29, 0.717) is 38.0 Å². The largest absolute Gasteiger partial charge is 0.497 e. The number of hydrogen-bond acceptors (Lipinski definition) is 5. The number of nitrogens with zero attached hydrogens (tertiary/aromatic N) is 3. The third-order valence-electron chi connectivity index (χ3n) is 8.07. The fourth-order valence-electron chi connectivity index (χ4n) is 6.07. The average Bonchev–Trinajstić information content (AvgIpc) is 3.14. The smallest absolute Gasteiger partial charge is 0.332 e. The standard InChI is InChI=1S/C33H38FN3O4/c1-23(2)41-30-10-5-7-26(19-30)22-35-18-16-33(21-24(35)3)31(38)36(17-15-25-11-13-29(40-4)14-12-25)32(39)37(33)28-9-6-8-27(34)20-28/h5-14,19-20,23-24H,15-18,21-22H2,1-4H3/t24-,33?/m0/s1. The Morgan fingerprint density at radius 2 is 1.73 bits per heavy atom. The molecule has 1 spiro atoms. The van der Waals surface area contributed by atoms with Crippen molar-refractivity contribution in [2.75, 3.05) is 25.1 Å². The van der Waals surface area contributed by atoms with Crippen molar-refractivity contribution in [3.63, 3.8) is 0 Å². The van der Waals surface area contributed by atoms with Crippen LogP contribution in [0, 0.1) is 5.82 Å². The van der Waals surface area contributed by atoms with E-state index in [-0.39, 0.29) is 24.6 Å². The van der Waals surface area contributed by atoms with Crippen molar-refractivity contribution >= 4 is 17.6 Å². The van der Waals surface area contributed by atoms with Gasteiger partial charge in [-0.15, -0.1) is 0 Å². The topological polar surface area (TPSA) is 62.3 Å². The molecule has 1 unspecified atom stereocenters. The number of anilines is 1. The molecule has 0 radical (unpaired) electrons. The minimum absolute atomic E-state index is 0.00720. The SMILES string of the molecule is COc1ccc(CCN2C(=O)N(c3cccc(F)c3)C3(CCN(Cc4cccc(OC(C)C)c4)[C@@H](C)C3)C2=O)cc1. The zero-order valence-corrected chi connectivity index (χ0v) is 24.2. The maximum Gasteiger partial charge on any atom is 0.332 e. The molecule has 3 aromatic carbocycles. The van der Waals surface area contributed by atoms with Crippen molar-refractivity contribution in [1.29, 1.82) is 0 Å². The van der Waals surface area contributed by atoms with Crippen molar-refractivity contribution in [3.05, 3.63) is 89.7 Å². The molecule has 8 heteroatoms. The number of urea groups is 1. The Labute approximate surface area is 241 Å². The molecule has 0 saturated carbocycles. The predicted molar refractivity (Wildman–Crippen MR) is 157 cm³/mol. The number of carbonyl (C=O) groups excluding carboxylic acids is 2. The molecule has 41 heavy (non-hydrogen) atoms. The number of imide groups is 1. The van der Waals surface area contributed by atoms with Gasteiger partial charge in [0, 0.05) is 31.4 Å². The zero-order chi connectivity index (χ0) is 29.1. The molecular weight excluding hydrogens is 521 g/mol. The fraction of sp³-hybridized carbons (Fsp3) is 0.394. The van der Waals surface area contributed by atoms with Gasteiger partial charge in [-0.2, -0.15) is 0 Å². The molecule has 3 aromatic rings. The summed E-state index contributed by atoms with van der Waals surface area (Å²) in [6, 6.07) is 21.3. The van der Waals surface area contributed by atoms with Gasteiger partial charge < -0.3 is 9.47 Å². The van der Waals surface area contributed by atoms with Crippen LogP contribution in [0.25, 0.3) is 0 Å². The highest BCUT2D eigenvalue weighted by molar-refractivity contribution is 6.17. The van der Waals surface area contributed by atoms with Crippen molar-refractivity contribution in [2.24, 2.45) is 0 Å². The molecule has 0 bridgehead atoms. The highest BCUT2D eigenvalue weighted by Crippen LogP contribution is 2.43. The summed E-state index contributed by atoms with van der Waals surface area (Å²) in [4.78, 5) is 33.3. The Morgan fingerprint density at radius 1 is 0.976 bits per heavy atom. The summed E-state index contributed by atoms with van der Waals surface area (Å²) < 4.78 is 25.5. The second-order valence-electron chi connectivity index (χ2n) is 11.3. The van der Waals surface area contributed by atoms with Crippen LogP contribution in [-0.4, -0.2) is 59.6 Å². The Hall–Kier alpha value is -3.91. The number of piperidine rings is 1. The third-order valence-corrected chi connectivity index (χ3v) is 8.07. The van der Waals surface area contributed by atoms with E-state index in [4.69, 9.17) is 9.47 Å². The molecule has 2 atom stereocenters. The first-order chi connectivity index (χ1) is 19.7. The van der Waals surface area contributed by atoms with E-state index in [1.165, 1.54) is 17.0 Å². The summed E-state index contributed by atoms with van der Waals surface area (Å²) >= 11 is 0. The molecule has 0 aliphatic carbocycles. The summed E-state index contributed by atoms with van der Waals surface area (Å²) in [6.45, 7) is 7.67. The van der Waals surface area contributed by atoms with E-state index in [1.807, 2.05) is 50.2 Å². The van der Waals surface area contributed by atoms with Crippen LogP contribution in [0.5, 0.6) is 11.5 Å². The van der Waals surface area contributed by atoms with Crippen LogP contribution in [0.2, 0.25) is 0 Å². The fourth-order valence-corrected chi connectivity index (χ4v) is 6.07. The van der Waals surface area contributed by atoms with Gasteiger partial charge in [-0.1, -0.05) is 30.3 Å². The molecule has 2 fully saturated rings. The quantitative estimate of drug-likeness (QED) is 0.299. The van der Waals surface area contributed by atoms with Gasteiger partial charge in [0.05, 0.1) is 13.2 Å². The second-order valence-corrected chi connectivity index (χ2v) is 11.3. The first kappa shape index (κ1) is 28.6. The van der Waals surface area contributed by atoms with E-state index in [9.17, 15) is 14.0 Å². The Kier molecular flexibility index (Phi) is 8.31. The number of halogens is 1. The normalized spacial score (nSPS) is 21.3. The van der Waals surface area contributed by atoms with Crippen molar-refractivity contribution in [1.82, 2.24) is 9.80 Å². The molecule has 0 N–H and O–H groups in total. The summed E-state index contributed by atoms with van der Waals surface area (Å²) in [5, 5.41) is 0. The van der Waals surface area contributed by atoms with E-state index in [2.05, 4.69) is 24.0 Å². The number of ether oxygens (including phenoxy) is 2. The van der Waals surface area contributed by atoms with Gasteiger partial charge in [-0.3, -0.25) is 19.5 Å². The van der Waals surface area contributed by atoms with Crippen LogP contribution in [0.15, 0.2) is 72.8 Å². The molecule has 2 saturated heterocycles. The lowest BCUT2D eigenvalue weighted by Gasteiger charge is -2.45. The van der Waals surface area contributed by atoms with Crippen LogP contribution < -0.4 is 14.4 Å². The van der Waals surface area contributed by atoms with Crippen LogP contribution in [0.3, 0.4) is 0 Å². The average molecular weight is 560 g/mol. The van der Waals surface area contributed by atoms with Crippen molar-refractivity contribution < 1.29 is 23.5 Å². The van der Waals surface area contributed by atoms with Gasteiger partial charge in [0.25, 0.3) is 5.91 Å². The number of hydrogen-bond donors (Lipinski definition) is 0. The molecule has 5 rings (SSSR count). The highest BCUT2D eigenvalue weighted by Gasteiger charge is 2.59. The van der Waals surface area contributed by atoms with E-state index in [1.54, 1.807) is 24.1 Å². The minimum Gasteiger partial charge on any atom is -0.497 e. The Balaban J connectivity index is 1.38. The third kappa shape index (κ3) is 5.93. The maximum atomic E-state index is 14.4. The molecule has 2 aliphatic rings. The summed E-state index contributed by atoms with van der Waals surface area (Å²) in [7, 11) is 1.61. The number of rotatable bonds is 9. The molecule has 2 aliphatic heterocycles. The van der Waals surface area contributed by atoms with Crippen molar-refractivity contribution in [3.8, 4) is 11.5 Å². The molecule has 3 amide bonds. The second kappa shape index (κ2) is 11.9. The number of amides is 3. The summed E-state index contributed by atoms with van der Waals surface area (Å²) in [5.41, 5.74) is 1.47. The monoisotopic (exact) mass is 559 g/mol. The van der Waals surface area contributed by atoms with Crippen molar-refractivity contribution in [2.45, 2.75) is 64.3 Å².